The maximum atomic E-state index is 5.90. The first kappa shape index (κ1) is 9.69. The number of anilines is 1. The van der Waals surface area contributed by atoms with Gasteiger partial charge in [0, 0.05) is 5.02 Å². The van der Waals surface area contributed by atoms with Crippen molar-refractivity contribution in [2.24, 2.45) is 0 Å². The van der Waals surface area contributed by atoms with E-state index in [4.69, 9.17) is 21.8 Å². The molecule has 2 heterocycles. The van der Waals surface area contributed by atoms with Crippen molar-refractivity contribution >= 4 is 39.7 Å². The van der Waals surface area contributed by atoms with Gasteiger partial charge in [-0.2, -0.15) is 0 Å². The molecule has 3 aromatic rings. The molecule has 0 radical (unpaired) electrons. The van der Waals surface area contributed by atoms with Gasteiger partial charge >= 0.3 is 0 Å². The van der Waals surface area contributed by atoms with E-state index in [1.165, 1.54) is 0 Å². The number of benzene rings is 1. The van der Waals surface area contributed by atoms with Gasteiger partial charge in [-0.15, -0.1) is 11.3 Å². The van der Waals surface area contributed by atoms with Crippen molar-refractivity contribution in [3.63, 3.8) is 0 Å². The van der Waals surface area contributed by atoms with Crippen LogP contribution < -0.4 is 5.73 Å². The second-order valence-electron chi connectivity index (χ2n) is 3.34. The summed E-state index contributed by atoms with van der Waals surface area (Å²) in [6.07, 6.45) is 0. The molecule has 5 heteroatoms. The largest absolute Gasteiger partial charge is 0.433 e. The molecule has 80 valence electrons. The van der Waals surface area contributed by atoms with Crippen LogP contribution in [0.3, 0.4) is 0 Å². The number of halogens is 1. The summed E-state index contributed by atoms with van der Waals surface area (Å²) in [6.45, 7) is 0. The fourth-order valence-electron chi connectivity index (χ4n) is 1.53. The lowest BCUT2D eigenvalue weighted by molar-refractivity contribution is 0.623. The fraction of sp³-hybridized carbons (Fsp3) is 0. The molecule has 0 aliphatic heterocycles. The summed E-state index contributed by atoms with van der Waals surface area (Å²) in [5.74, 6) is 0.582. The van der Waals surface area contributed by atoms with Crippen molar-refractivity contribution in [2.75, 3.05) is 5.73 Å². The zero-order chi connectivity index (χ0) is 11.1. The first-order valence-corrected chi connectivity index (χ1v) is 5.89. The Hall–Kier alpha value is -1.52. The monoisotopic (exact) mass is 250 g/mol. The molecular weight excluding hydrogens is 244 g/mol. The summed E-state index contributed by atoms with van der Waals surface area (Å²) in [5, 5.41) is 2.54. The zero-order valence-corrected chi connectivity index (χ0v) is 9.68. The van der Waals surface area contributed by atoms with Crippen LogP contribution in [0, 0.1) is 0 Å². The van der Waals surface area contributed by atoms with Crippen LogP contribution in [0.25, 0.3) is 21.9 Å². The lowest BCUT2D eigenvalue weighted by Crippen LogP contribution is -1.84. The molecule has 0 amide bonds. The molecule has 0 aliphatic rings. The third kappa shape index (κ3) is 1.47. The second kappa shape index (κ2) is 3.50. The molecule has 0 saturated carbocycles. The number of nitrogens with two attached hydrogens (primary N) is 1. The van der Waals surface area contributed by atoms with Gasteiger partial charge in [-0.3, -0.25) is 0 Å². The first-order chi connectivity index (χ1) is 7.74. The minimum Gasteiger partial charge on any atom is -0.433 e. The minimum absolute atomic E-state index is 0.512. The maximum Gasteiger partial charge on any atom is 0.237 e. The Labute approximate surface area is 100 Å². The van der Waals surface area contributed by atoms with Gasteiger partial charge in [0.1, 0.15) is 5.52 Å². The van der Waals surface area contributed by atoms with E-state index >= 15 is 0 Å². The van der Waals surface area contributed by atoms with Gasteiger partial charge in [-0.05, 0) is 23.6 Å². The SMILES string of the molecule is Nc1cc(Cl)cc2nc(-c3cccs3)oc12. The number of rotatable bonds is 1. The molecule has 0 bridgehead atoms. The molecule has 0 saturated heterocycles. The van der Waals surface area contributed by atoms with Crippen molar-refractivity contribution in [1.82, 2.24) is 4.98 Å². The van der Waals surface area contributed by atoms with E-state index in [9.17, 15) is 0 Å². The number of oxazole rings is 1. The Balaban J connectivity index is 2.27. The third-order valence-corrected chi connectivity index (χ3v) is 3.29. The van der Waals surface area contributed by atoms with E-state index in [1.807, 2.05) is 17.5 Å². The number of nitrogens with zero attached hydrogens (tertiary/aromatic N) is 1. The number of thiophene rings is 1. The van der Waals surface area contributed by atoms with Crippen molar-refractivity contribution in [1.29, 1.82) is 0 Å². The average molecular weight is 251 g/mol. The Bertz CT molecular complexity index is 645. The summed E-state index contributed by atoms with van der Waals surface area (Å²) in [6, 6.07) is 7.31. The minimum atomic E-state index is 0.512. The van der Waals surface area contributed by atoms with Gasteiger partial charge in [0.15, 0.2) is 5.58 Å². The van der Waals surface area contributed by atoms with Gasteiger partial charge < -0.3 is 10.2 Å². The van der Waals surface area contributed by atoms with Crippen LogP contribution in [0.1, 0.15) is 0 Å². The first-order valence-electron chi connectivity index (χ1n) is 4.63. The average Bonchev–Trinajstić information content (AvgIpc) is 2.82. The van der Waals surface area contributed by atoms with E-state index in [0.717, 1.165) is 4.88 Å². The standard InChI is InChI=1S/C11H7ClN2OS/c12-6-4-7(13)10-8(5-6)14-11(15-10)9-2-1-3-16-9/h1-5H,13H2. The highest BCUT2D eigenvalue weighted by Gasteiger charge is 2.11. The van der Waals surface area contributed by atoms with E-state index < -0.39 is 0 Å². The van der Waals surface area contributed by atoms with Crippen LogP contribution in [-0.4, -0.2) is 4.98 Å². The van der Waals surface area contributed by atoms with Gasteiger partial charge in [0.2, 0.25) is 5.89 Å². The third-order valence-electron chi connectivity index (χ3n) is 2.22. The van der Waals surface area contributed by atoms with Crippen LogP contribution >= 0.6 is 22.9 Å². The molecule has 1 aromatic carbocycles. The predicted molar refractivity (Wildman–Crippen MR) is 66.7 cm³/mol. The highest BCUT2D eigenvalue weighted by Crippen LogP contribution is 2.32. The van der Waals surface area contributed by atoms with Crippen LogP contribution in [0.4, 0.5) is 5.69 Å². The van der Waals surface area contributed by atoms with Crippen molar-refractivity contribution in [2.45, 2.75) is 0 Å². The molecule has 0 fully saturated rings. The molecule has 3 nitrogen and oxygen atoms in total. The normalized spacial score (nSPS) is 11.1. The summed E-state index contributed by atoms with van der Waals surface area (Å²) < 4.78 is 5.61. The van der Waals surface area contributed by atoms with Crippen molar-refractivity contribution in [3.05, 3.63) is 34.7 Å². The molecule has 0 spiro atoms. The molecule has 2 N–H and O–H groups in total. The smallest absolute Gasteiger partial charge is 0.237 e. The Morgan fingerprint density at radius 3 is 3.00 bits per heavy atom. The molecular formula is C11H7ClN2OS. The molecule has 0 aliphatic carbocycles. The number of aromatic nitrogens is 1. The van der Waals surface area contributed by atoms with Crippen LogP contribution in [0.2, 0.25) is 5.02 Å². The zero-order valence-electron chi connectivity index (χ0n) is 8.11. The second-order valence-corrected chi connectivity index (χ2v) is 4.72. The van der Waals surface area contributed by atoms with E-state index in [-0.39, 0.29) is 0 Å². The fourth-order valence-corrected chi connectivity index (χ4v) is 2.40. The van der Waals surface area contributed by atoms with E-state index in [0.29, 0.717) is 27.7 Å². The van der Waals surface area contributed by atoms with Crippen LogP contribution in [0.15, 0.2) is 34.1 Å². The molecule has 0 unspecified atom stereocenters. The highest BCUT2D eigenvalue weighted by atomic mass is 35.5. The molecule has 16 heavy (non-hydrogen) atoms. The Kier molecular flexibility index (Phi) is 2.12. The molecule has 0 atom stereocenters. The predicted octanol–water partition coefficient (Wildman–Crippen LogP) is 3.79. The number of fused-ring (bicyclic) bond motifs is 1. The lowest BCUT2D eigenvalue weighted by Gasteiger charge is -1.93. The highest BCUT2D eigenvalue weighted by molar-refractivity contribution is 7.13. The van der Waals surface area contributed by atoms with E-state index in [1.54, 1.807) is 23.5 Å². The number of nitrogen functional groups attached to an aromatic ring is 1. The van der Waals surface area contributed by atoms with Gasteiger partial charge in [0.25, 0.3) is 0 Å². The molecule has 2 aromatic heterocycles. The number of hydrogen-bond acceptors (Lipinski definition) is 4. The number of hydrogen-bond donors (Lipinski definition) is 1. The maximum absolute atomic E-state index is 5.90. The van der Waals surface area contributed by atoms with E-state index in [2.05, 4.69) is 4.98 Å². The summed E-state index contributed by atoms with van der Waals surface area (Å²) in [4.78, 5) is 5.33. The van der Waals surface area contributed by atoms with Crippen molar-refractivity contribution in [3.8, 4) is 10.8 Å². The van der Waals surface area contributed by atoms with Crippen LogP contribution in [0.5, 0.6) is 0 Å². The van der Waals surface area contributed by atoms with Crippen molar-refractivity contribution < 1.29 is 4.42 Å². The summed E-state index contributed by atoms with van der Waals surface area (Å²) >= 11 is 7.47. The quantitative estimate of drug-likeness (QED) is 0.669. The van der Waals surface area contributed by atoms with Gasteiger partial charge in [-0.25, -0.2) is 4.98 Å². The summed E-state index contributed by atoms with van der Waals surface area (Å²) in [7, 11) is 0. The van der Waals surface area contributed by atoms with Gasteiger partial charge in [0.05, 0.1) is 10.6 Å². The Morgan fingerprint density at radius 2 is 2.25 bits per heavy atom. The molecule has 3 rings (SSSR count). The summed E-state index contributed by atoms with van der Waals surface area (Å²) in [5.41, 5.74) is 7.60. The van der Waals surface area contributed by atoms with Gasteiger partial charge in [-0.1, -0.05) is 17.7 Å². The Morgan fingerprint density at radius 1 is 1.38 bits per heavy atom. The van der Waals surface area contributed by atoms with Crippen LogP contribution in [-0.2, 0) is 0 Å². The topological polar surface area (TPSA) is 52.0 Å². The lowest BCUT2D eigenvalue weighted by atomic mass is 10.3.